The lowest BCUT2D eigenvalue weighted by Crippen LogP contribution is -2.12. The summed E-state index contributed by atoms with van der Waals surface area (Å²) in [6.45, 7) is 0. The third kappa shape index (κ3) is 2.45. The van der Waals surface area contributed by atoms with Crippen LogP contribution in [0, 0.1) is 0 Å². The van der Waals surface area contributed by atoms with Crippen LogP contribution >= 0.6 is 0 Å². The fraction of sp³-hybridized carbons (Fsp3) is 0.154. The number of aromatic carboxylic acids is 1. The number of carboxylic acids is 1. The second kappa shape index (κ2) is 4.83. The average Bonchev–Trinajstić information content (AvgIpc) is 2.39. The van der Waals surface area contributed by atoms with E-state index in [2.05, 4.69) is 9.97 Å². The smallest absolute Gasteiger partial charge is 0.335 e. The van der Waals surface area contributed by atoms with Crippen LogP contribution in [-0.4, -0.2) is 35.1 Å². The highest BCUT2D eigenvalue weighted by Crippen LogP contribution is 2.19. The topological polar surface area (TPSA) is 66.3 Å². The van der Waals surface area contributed by atoms with Crippen LogP contribution in [-0.2, 0) is 0 Å². The van der Waals surface area contributed by atoms with Crippen LogP contribution in [0.2, 0.25) is 0 Å². The minimum atomic E-state index is -0.946. The van der Waals surface area contributed by atoms with Gasteiger partial charge in [0.15, 0.2) is 0 Å². The van der Waals surface area contributed by atoms with Crippen molar-refractivity contribution in [2.75, 3.05) is 19.0 Å². The minimum Gasteiger partial charge on any atom is -0.478 e. The standard InChI is InChI=1S/C13H13N3O2/c1-16(2)13-14-7-6-11(15-13)9-4-3-5-10(8-9)12(17)18/h3-8H,1-2H3,(H,17,18). The number of hydrogen-bond donors (Lipinski definition) is 1. The lowest BCUT2D eigenvalue weighted by molar-refractivity contribution is 0.0697. The van der Waals surface area contributed by atoms with Crippen LogP contribution in [0.4, 0.5) is 5.95 Å². The number of anilines is 1. The van der Waals surface area contributed by atoms with Gasteiger partial charge in [0.25, 0.3) is 0 Å². The zero-order valence-electron chi connectivity index (χ0n) is 10.2. The van der Waals surface area contributed by atoms with Gasteiger partial charge in [0.05, 0.1) is 11.3 Å². The Kier molecular flexibility index (Phi) is 3.23. The molecule has 0 bridgehead atoms. The second-order valence-corrected chi connectivity index (χ2v) is 4.02. The van der Waals surface area contributed by atoms with E-state index < -0.39 is 5.97 Å². The molecule has 0 saturated carbocycles. The highest BCUT2D eigenvalue weighted by atomic mass is 16.4. The molecule has 2 aromatic rings. The van der Waals surface area contributed by atoms with Crippen molar-refractivity contribution in [1.82, 2.24) is 9.97 Å². The summed E-state index contributed by atoms with van der Waals surface area (Å²) in [5.41, 5.74) is 1.72. The molecule has 1 aromatic carbocycles. The Morgan fingerprint density at radius 3 is 2.72 bits per heavy atom. The van der Waals surface area contributed by atoms with Crippen LogP contribution in [0.1, 0.15) is 10.4 Å². The van der Waals surface area contributed by atoms with Crippen LogP contribution in [0.5, 0.6) is 0 Å². The largest absolute Gasteiger partial charge is 0.478 e. The van der Waals surface area contributed by atoms with Crippen molar-refractivity contribution in [3.05, 3.63) is 42.1 Å². The Bertz CT molecular complexity index is 582. The summed E-state index contributed by atoms with van der Waals surface area (Å²) in [5, 5.41) is 8.96. The molecule has 5 heteroatoms. The molecule has 1 heterocycles. The van der Waals surface area contributed by atoms with E-state index in [1.165, 1.54) is 0 Å². The summed E-state index contributed by atoms with van der Waals surface area (Å²) in [7, 11) is 3.71. The van der Waals surface area contributed by atoms with Gasteiger partial charge in [0.2, 0.25) is 5.95 Å². The maximum Gasteiger partial charge on any atom is 0.335 e. The van der Waals surface area contributed by atoms with E-state index in [0.717, 1.165) is 5.56 Å². The number of nitrogens with zero attached hydrogens (tertiary/aromatic N) is 3. The van der Waals surface area contributed by atoms with E-state index in [1.54, 1.807) is 35.4 Å². The van der Waals surface area contributed by atoms with Gasteiger partial charge in [-0.2, -0.15) is 0 Å². The van der Waals surface area contributed by atoms with Crippen molar-refractivity contribution in [2.45, 2.75) is 0 Å². The molecule has 0 radical (unpaired) electrons. The van der Waals surface area contributed by atoms with Crippen molar-refractivity contribution in [3.8, 4) is 11.3 Å². The van der Waals surface area contributed by atoms with Gasteiger partial charge < -0.3 is 10.0 Å². The van der Waals surface area contributed by atoms with Crippen LogP contribution in [0.15, 0.2) is 36.5 Å². The first-order valence-corrected chi connectivity index (χ1v) is 5.42. The van der Waals surface area contributed by atoms with E-state index >= 15 is 0 Å². The molecule has 0 atom stereocenters. The number of hydrogen-bond acceptors (Lipinski definition) is 4. The number of carbonyl (C=O) groups is 1. The molecule has 0 amide bonds. The maximum atomic E-state index is 10.9. The number of rotatable bonds is 3. The molecule has 92 valence electrons. The molecule has 0 fully saturated rings. The monoisotopic (exact) mass is 243 g/mol. The lowest BCUT2D eigenvalue weighted by atomic mass is 10.1. The summed E-state index contributed by atoms with van der Waals surface area (Å²) in [5.74, 6) is -0.355. The third-order valence-electron chi connectivity index (χ3n) is 2.45. The Morgan fingerprint density at radius 2 is 2.06 bits per heavy atom. The molecule has 0 spiro atoms. The van der Waals surface area contributed by atoms with Gasteiger partial charge in [-0.25, -0.2) is 14.8 Å². The average molecular weight is 243 g/mol. The predicted octanol–water partition coefficient (Wildman–Crippen LogP) is 1.91. The maximum absolute atomic E-state index is 10.9. The van der Waals surface area contributed by atoms with Crippen molar-refractivity contribution in [3.63, 3.8) is 0 Å². The zero-order chi connectivity index (χ0) is 13.1. The highest BCUT2D eigenvalue weighted by molar-refractivity contribution is 5.89. The molecule has 0 saturated heterocycles. The van der Waals surface area contributed by atoms with Gasteiger partial charge >= 0.3 is 5.97 Å². The fourth-order valence-corrected chi connectivity index (χ4v) is 1.54. The van der Waals surface area contributed by atoms with Gasteiger partial charge in [-0.3, -0.25) is 0 Å². The molecule has 5 nitrogen and oxygen atoms in total. The first kappa shape index (κ1) is 12.0. The molecule has 0 aliphatic heterocycles. The molecular weight excluding hydrogens is 230 g/mol. The summed E-state index contributed by atoms with van der Waals surface area (Å²) < 4.78 is 0. The Labute approximate surface area is 105 Å². The first-order valence-electron chi connectivity index (χ1n) is 5.42. The van der Waals surface area contributed by atoms with E-state index in [9.17, 15) is 4.79 Å². The second-order valence-electron chi connectivity index (χ2n) is 4.02. The van der Waals surface area contributed by atoms with Gasteiger partial charge in [-0.1, -0.05) is 12.1 Å². The Balaban J connectivity index is 2.45. The molecule has 1 N–H and O–H groups in total. The molecule has 18 heavy (non-hydrogen) atoms. The van der Waals surface area contributed by atoms with Crippen LogP contribution in [0.25, 0.3) is 11.3 Å². The van der Waals surface area contributed by atoms with Gasteiger partial charge in [0, 0.05) is 25.9 Å². The quantitative estimate of drug-likeness (QED) is 0.891. The molecular formula is C13H13N3O2. The van der Waals surface area contributed by atoms with Crippen molar-refractivity contribution < 1.29 is 9.90 Å². The fourth-order valence-electron chi connectivity index (χ4n) is 1.54. The normalized spacial score (nSPS) is 10.1. The minimum absolute atomic E-state index is 0.248. The SMILES string of the molecule is CN(C)c1nccc(-c2cccc(C(=O)O)c2)n1. The molecule has 1 aromatic heterocycles. The first-order chi connectivity index (χ1) is 8.58. The Hall–Kier alpha value is -2.43. The summed E-state index contributed by atoms with van der Waals surface area (Å²) in [6, 6.07) is 8.45. The van der Waals surface area contributed by atoms with Crippen LogP contribution < -0.4 is 4.90 Å². The van der Waals surface area contributed by atoms with Crippen LogP contribution in [0.3, 0.4) is 0 Å². The highest BCUT2D eigenvalue weighted by Gasteiger charge is 2.07. The van der Waals surface area contributed by atoms with E-state index in [-0.39, 0.29) is 5.56 Å². The lowest BCUT2D eigenvalue weighted by Gasteiger charge is -2.10. The van der Waals surface area contributed by atoms with Gasteiger partial charge in [0.1, 0.15) is 0 Å². The van der Waals surface area contributed by atoms with Gasteiger partial charge in [-0.15, -0.1) is 0 Å². The third-order valence-corrected chi connectivity index (χ3v) is 2.45. The van der Waals surface area contributed by atoms with E-state index in [4.69, 9.17) is 5.11 Å². The zero-order valence-corrected chi connectivity index (χ0v) is 10.2. The van der Waals surface area contributed by atoms with Crippen molar-refractivity contribution in [1.29, 1.82) is 0 Å². The molecule has 2 rings (SSSR count). The predicted molar refractivity (Wildman–Crippen MR) is 68.8 cm³/mol. The number of aromatic nitrogens is 2. The van der Waals surface area contributed by atoms with E-state index in [1.807, 2.05) is 20.2 Å². The summed E-state index contributed by atoms with van der Waals surface area (Å²) in [6.07, 6.45) is 1.66. The summed E-state index contributed by atoms with van der Waals surface area (Å²) >= 11 is 0. The number of benzene rings is 1. The molecule has 0 aliphatic carbocycles. The van der Waals surface area contributed by atoms with Crippen molar-refractivity contribution >= 4 is 11.9 Å². The number of carboxylic acid groups (broad SMARTS) is 1. The van der Waals surface area contributed by atoms with E-state index in [0.29, 0.717) is 11.6 Å². The molecule has 0 unspecified atom stereocenters. The van der Waals surface area contributed by atoms with Crippen molar-refractivity contribution in [2.24, 2.45) is 0 Å². The Morgan fingerprint density at radius 1 is 1.28 bits per heavy atom. The molecule has 0 aliphatic rings. The summed E-state index contributed by atoms with van der Waals surface area (Å²) in [4.78, 5) is 21.2. The van der Waals surface area contributed by atoms with Gasteiger partial charge in [-0.05, 0) is 18.2 Å².